The van der Waals surface area contributed by atoms with Gasteiger partial charge in [-0.05, 0) is 24.6 Å². The van der Waals surface area contributed by atoms with Gasteiger partial charge in [-0.15, -0.1) is 0 Å². The number of hydrazine groups is 1. The number of halogens is 2. The Morgan fingerprint density at radius 3 is 2.39 bits per heavy atom. The molecule has 0 aliphatic carbocycles. The van der Waals surface area contributed by atoms with Crippen LogP contribution in [0.4, 0.5) is 5.69 Å². The number of carbonyl (C=O) groups is 1. The van der Waals surface area contributed by atoms with Gasteiger partial charge in [0.2, 0.25) is 0 Å². The van der Waals surface area contributed by atoms with Crippen molar-refractivity contribution in [1.29, 1.82) is 0 Å². The van der Waals surface area contributed by atoms with E-state index in [1.165, 1.54) is 0 Å². The maximum atomic E-state index is 9.36. The zero-order chi connectivity index (χ0) is 17.0. The van der Waals surface area contributed by atoms with Gasteiger partial charge in [0.15, 0.2) is 0 Å². The molecule has 0 amide bonds. The third-order valence-corrected chi connectivity index (χ3v) is 3.38. The zero-order valence-corrected chi connectivity index (χ0v) is 18.3. The Hall–Kier alpha value is -0.156. The fourth-order valence-corrected chi connectivity index (χ4v) is 1.87. The summed E-state index contributed by atoms with van der Waals surface area (Å²) in [6.07, 6.45) is 3.12. The standard InChI is InChI=1S/C10H11Cl2N3.C4H7O.C2H6.Y/c1-13-10-4-5-15(14-10)7-2-3-8(11)9(12)6-7;1-2-3-4-5;1-2;/h2-3,6H,4-5H2,1H3,(H,13,14);4H,1-3H2;1-2H3;/q;-1;;. The van der Waals surface area contributed by atoms with Crippen molar-refractivity contribution in [2.24, 2.45) is 4.99 Å². The minimum absolute atomic E-state index is 0. The summed E-state index contributed by atoms with van der Waals surface area (Å²) in [6.45, 7) is 8.34. The minimum Gasteiger partial charge on any atom is -0.343 e. The van der Waals surface area contributed by atoms with Crippen molar-refractivity contribution in [3.05, 3.63) is 35.2 Å². The Bertz CT molecular complexity index is 484. The second kappa shape index (κ2) is 15.4. The molecule has 1 heterocycles. The number of benzene rings is 1. The quantitative estimate of drug-likeness (QED) is 0.561. The number of aliphatic imine (C=N–C) groups is 1. The molecule has 0 atom stereocenters. The molecule has 1 aliphatic heterocycles. The van der Waals surface area contributed by atoms with Gasteiger partial charge in [0.1, 0.15) is 12.1 Å². The molecule has 1 N–H and O–H groups in total. The number of amidine groups is 1. The summed E-state index contributed by atoms with van der Waals surface area (Å²) in [5.41, 5.74) is 4.19. The van der Waals surface area contributed by atoms with Gasteiger partial charge in [-0.25, -0.2) is 0 Å². The summed E-state index contributed by atoms with van der Waals surface area (Å²) < 4.78 is 0. The van der Waals surface area contributed by atoms with Crippen molar-refractivity contribution in [3.63, 3.8) is 0 Å². The number of hydrogen-bond acceptors (Lipinski definition) is 3. The molecule has 1 aromatic rings. The Balaban J connectivity index is 0. The summed E-state index contributed by atoms with van der Waals surface area (Å²) >= 11 is 11.8. The molecular weight excluding hydrogens is 410 g/mol. The van der Waals surface area contributed by atoms with Gasteiger partial charge < -0.3 is 11.7 Å². The van der Waals surface area contributed by atoms with E-state index in [0.29, 0.717) is 16.5 Å². The van der Waals surface area contributed by atoms with Crippen LogP contribution < -0.4 is 10.4 Å². The molecule has 0 unspecified atom stereocenters. The van der Waals surface area contributed by atoms with E-state index >= 15 is 0 Å². The first-order valence-corrected chi connectivity index (χ1v) is 8.05. The number of rotatable bonds is 3. The van der Waals surface area contributed by atoms with Crippen molar-refractivity contribution in [2.45, 2.75) is 33.1 Å². The molecule has 2 rings (SSSR count). The van der Waals surface area contributed by atoms with E-state index in [9.17, 15) is 4.79 Å². The van der Waals surface area contributed by atoms with Crippen LogP contribution in [0.5, 0.6) is 0 Å². The van der Waals surface area contributed by atoms with E-state index in [-0.39, 0.29) is 32.7 Å². The molecular formula is C16H24Cl2N3OY-. The van der Waals surface area contributed by atoms with Gasteiger partial charge >= 0.3 is 0 Å². The van der Waals surface area contributed by atoms with E-state index < -0.39 is 0 Å². The number of anilines is 1. The third-order valence-electron chi connectivity index (χ3n) is 2.64. The first kappa shape index (κ1) is 25.1. The number of nitrogens with one attached hydrogen (secondary N) is 1. The molecule has 0 aromatic heterocycles. The molecule has 0 bridgehead atoms. The topological polar surface area (TPSA) is 44.7 Å². The molecule has 1 radical (unpaired) electrons. The Morgan fingerprint density at radius 2 is 2.00 bits per heavy atom. The van der Waals surface area contributed by atoms with Gasteiger partial charge in [-0.2, -0.15) is 6.42 Å². The number of hydrogen-bond donors (Lipinski definition) is 1. The SMILES string of the molecule is CC.CN=C1CCN(c2ccc(Cl)c(Cl)c2)N1.[CH2-]CCC=O.[Y]. The second-order valence-corrected chi connectivity index (χ2v) is 4.91. The molecule has 1 saturated heterocycles. The van der Waals surface area contributed by atoms with Gasteiger partial charge in [0, 0.05) is 52.7 Å². The van der Waals surface area contributed by atoms with Crippen molar-refractivity contribution >= 4 is 41.0 Å². The van der Waals surface area contributed by atoms with Crippen molar-refractivity contribution in [2.75, 3.05) is 18.6 Å². The average Bonchev–Trinajstić information content (AvgIpc) is 3.02. The maximum Gasteiger partial charge on any atom is 0.117 e. The number of unbranched alkanes of at least 4 members (excludes halogenated alkanes) is 1. The molecule has 127 valence electrons. The minimum atomic E-state index is 0. The van der Waals surface area contributed by atoms with Crippen molar-refractivity contribution in [1.82, 2.24) is 5.43 Å². The number of aldehydes is 1. The van der Waals surface area contributed by atoms with Gasteiger partial charge in [-0.1, -0.05) is 37.0 Å². The normalized spacial score (nSPS) is 13.8. The van der Waals surface area contributed by atoms with E-state index in [4.69, 9.17) is 23.2 Å². The molecule has 0 spiro atoms. The van der Waals surface area contributed by atoms with Crippen LogP contribution in [0.25, 0.3) is 0 Å². The van der Waals surface area contributed by atoms with E-state index in [1.807, 2.05) is 31.0 Å². The van der Waals surface area contributed by atoms with Crippen LogP contribution in [0.2, 0.25) is 10.0 Å². The largest absolute Gasteiger partial charge is 0.343 e. The average molecular weight is 434 g/mol. The molecule has 23 heavy (non-hydrogen) atoms. The van der Waals surface area contributed by atoms with Crippen molar-refractivity contribution in [3.8, 4) is 0 Å². The van der Waals surface area contributed by atoms with E-state index in [1.54, 1.807) is 13.1 Å². The van der Waals surface area contributed by atoms with Crippen molar-refractivity contribution < 1.29 is 37.5 Å². The Kier molecular flexibility index (Phi) is 16.8. The molecule has 0 saturated carbocycles. The second-order valence-electron chi connectivity index (χ2n) is 4.09. The molecule has 1 aromatic carbocycles. The smallest absolute Gasteiger partial charge is 0.117 e. The first-order chi connectivity index (χ1) is 10.6. The van der Waals surface area contributed by atoms with Crippen LogP contribution >= 0.6 is 23.2 Å². The fraction of sp³-hybridized carbons (Fsp3) is 0.438. The molecule has 1 aliphatic rings. The number of nitrogens with zero attached hydrogens (tertiary/aromatic N) is 2. The first-order valence-electron chi connectivity index (χ1n) is 7.30. The number of carbonyl (C=O) groups excluding carboxylic acids is 1. The Labute approximate surface area is 174 Å². The van der Waals surface area contributed by atoms with Gasteiger partial charge in [0.25, 0.3) is 0 Å². The van der Waals surface area contributed by atoms with Gasteiger partial charge in [-0.3, -0.25) is 15.4 Å². The van der Waals surface area contributed by atoms with Crippen LogP contribution in [-0.2, 0) is 37.5 Å². The molecule has 7 heteroatoms. The third kappa shape index (κ3) is 9.66. The summed E-state index contributed by atoms with van der Waals surface area (Å²) in [4.78, 5) is 13.5. The Morgan fingerprint density at radius 1 is 1.35 bits per heavy atom. The van der Waals surface area contributed by atoms with Crippen LogP contribution in [0.1, 0.15) is 33.1 Å². The monoisotopic (exact) mass is 433 g/mol. The fourth-order valence-electron chi connectivity index (χ4n) is 1.58. The van der Waals surface area contributed by atoms with Crippen LogP contribution in [0, 0.1) is 6.92 Å². The van der Waals surface area contributed by atoms with Crippen LogP contribution in [-0.4, -0.2) is 25.7 Å². The maximum absolute atomic E-state index is 9.36. The van der Waals surface area contributed by atoms with Crippen LogP contribution in [0.15, 0.2) is 23.2 Å². The molecule has 1 fully saturated rings. The van der Waals surface area contributed by atoms with Crippen LogP contribution in [0.3, 0.4) is 0 Å². The van der Waals surface area contributed by atoms with E-state index in [2.05, 4.69) is 17.3 Å². The summed E-state index contributed by atoms with van der Waals surface area (Å²) in [6, 6.07) is 5.57. The summed E-state index contributed by atoms with van der Waals surface area (Å²) in [7, 11) is 1.78. The summed E-state index contributed by atoms with van der Waals surface area (Å²) in [5.74, 6) is 0.987. The summed E-state index contributed by atoms with van der Waals surface area (Å²) in [5, 5.41) is 3.15. The predicted octanol–water partition coefficient (Wildman–Crippen LogP) is 4.56. The molecule has 4 nitrogen and oxygen atoms in total. The van der Waals surface area contributed by atoms with E-state index in [0.717, 1.165) is 37.2 Å². The van der Waals surface area contributed by atoms with Gasteiger partial charge in [0.05, 0.1) is 15.7 Å². The predicted molar refractivity (Wildman–Crippen MR) is 96.9 cm³/mol. The zero-order valence-electron chi connectivity index (χ0n) is 14.0.